The molecule has 94 valence electrons. The zero-order chi connectivity index (χ0) is 12.9. The highest BCUT2D eigenvalue weighted by atomic mass is 32.2. The van der Waals surface area contributed by atoms with Gasteiger partial charge in [-0.05, 0) is 5.56 Å². The number of benzene rings is 1. The lowest BCUT2D eigenvalue weighted by atomic mass is 10.2. The zero-order valence-electron chi connectivity index (χ0n) is 9.42. The molecule has 1 N–H and O–H groups in total. The van der Waals surface area contributed by atoms with Gasteiger partial charge in [0.15, 0.2) is 0 Å². The highest BCUT2D eigenvalue weighted by Gasteiger charge is 2.04. The lowest BCUT2D eigenvalue weighted by Crippen LogP contribution is -2.21. The highest BCUT2D eigenvalue weighted by molar-refractivity contribution is 7.90. The number of hydrogen-bond acceptors (Lipinski definition) is 5. The number of nitro benzene ring substituents is 1. The molecule has 0 fully saturated rings. The Morgan fingerprint density at radius 3 is 2.35 bits per heavy atom. The zero-order valence-corrected chi connectivity index (χ0v) is 10.2. The maximum atomic E-state index is 10.8. The van der Waals surface area contributed by atoms with Crippen molar-refractivity contribution in [2.24, 2.45) is 0 Å². The van der Waals surface area contributed by atoms with Crippen LogP contribution in [0.4, 0.5) is 5.69 Å². The third-order valence-electron chi connectivity index (χ3n) is 2.13. The van der Waals surface area contributed by atoms with Crippen LogP contribution in [0.5, 0.6) is 0 Å². The SMILES string of the molecule is CS(=O)(=O)CCNCc1ccc([N+](=O)[O-])cc1. The number of nitrogens with one attached hydrogen (secondary N) is 1. The van der Waals surface area contributed by atoms with Crippen molar-refractivity contribution in [3.8, 4) is 0 Å². The number of rotatable bonds is 6. The van der Waals surface area contributed by atoms with E-state index in [2.05, 4.69) is 5.32 Å². The maximum absolute atomic E-state index is 10.8. The number of nitrogens with zero attached hydrogens (tertiary/aromatic N) is 1. The molecule has 0 spiro atoms. The molecule has 0 amide bonds. The third-order valence-corrected chi connectivity index (χ3v) is 3.07. The van der Waals surface area contributed by atoms with Crippen molar-refractivity contribution in [3.63, 3.8) is 0 Å². The van der Waals surface area contributed by atoms with Gasteiger partial charge in [0, 0.05) is 31.5 Å². The van der Waals surface area contributed by atoms with Crippen LogP contribution in [0.3, 0.4) is 0 Å². The fourth-order valence-corrected chi connectivity index (χ4v) is 1.74. The molecule has 1 aromatic rings. The van der Waals surface area contributed by atoms with E-state index in [1.165, 1.54) is 18.4 Å². The van der Waals surface area contributed by atoms with Crippen LogP contribution in [0.1, 0.15) is 5.56 Å². The topological polar surface area (TPSA) is 89.3 Å². The summed E-state index contributed by atoms with van der Waals surface area (Å²) in [6, 6.07) is 6.14. The number of sulfone groups is 1. The van der Waals surface area contributed by atoms with Crippen LogP contribution in [-0.2, 0) is 16.4 Å². The van der Waals surface area contributed by atoms with Crippen LogP contribution < -0.4 is 5.32 Å². The predicted molar refractivity (Wildman–Crippen MR) is 64.5 cm³/mol. The van der Waals surface area contributed by atoms with E-state index in [1.54, 1.807) is 12.1 Å². The second-order valence-corrected chi connectivity index (χ2v) is 5.99. The molecule has 0 aliphatic carbocycles. The molecule has 0 saturated carbocycles. The van der Waals surface area contributed by atoms with Gasteiger partial charge >= 0.3 is 0 Å². The summed E-state index contributed by atoms with van der Waals surface area (Å²) in [4.78, 5) is 9.95. The molecule has 17 heavy (non-hydrogen) atoms. The summed E-state index contributed by atoms with van der Waals surface area (Å²) in [6.45, 7) is 0.864. The average Bonchev–Trinajstić information content (AvgIpc) is 2.24. The molecule has 0 atom stereocenters. The number of non-ortho nitro benzene ring substituents is 1. The van der Waals surface area contributed by atoms with Gasteiger partial charge in [-0.3, -0.25) is 10.1 Å². The maximum Gasteiger partial charge on any atom is 0.269 e. The van der Waals surface area contributed by atoms with Gasteiger partial charge < -0.3 is 5.32 Å². The van der Waals surface area contributed by atoms with E-state index >= 15 is 0 Å². The number of nitro groups is 1. The first kappa shape index (κ1) is 13.6. The van der Waals surface area contributed by atoms with E-state index in [-0.39, 0.29) is 11.4 Å². The van der Waals surface area contributed by atoms with E-state index in [0.29, 0.717) is 13.1 Å². The smallest absolute Gasteiger partial charge is 0.269 e. The van der Waals surface area contributed by atoms with Crippen LogP contribution in [0.2, 0.25) is 0 Å². The molecule has 0 unspecified atom stereocenters. The van der Waals surface area contributed by atoms with Crippen molar-refractivity contribution in [1.82, 2.24) is 5.32 Å². The third kappa shape index (κ3) is 5.41. The van der Waals surface area contributed by atoms with Gasteiger partial charge in [0.05, 0.1) is 10.7 Å². The van der Waals surface area contributed by atoms with Gasteiger partial charge in [-0.1, -0.05) is 12.1 Å². The molecule has 0 aliphatic heterocycles. The molecular formula is C10H14N2O4S. The molecule has 0 saturated heterocycles. The standard InChI is InChI=1S/C10H14N2O4S/c1-17(15,16)7-6-11-8-9-2-4-10(5-3-9)12(13)14/h2-5,11H,6-8H2,1H3. The van der Waals surface area contributed by atoms with Crippen molar-refractivity contribution in [3.05, 3.63) is 39.9 Å². The van der Waals surface area contributed by atoms with E-state index in [9.17, 15) is 18.5 Å². The normalized spacial score (nSPS) is 11.4. The summed E-state index contributed by atoms with van der Waals surface area (Å²) in [5, 5.41) is 13.4. The first-order chi connectivity index (χ1) is 7.88. The Morgan fingerprint density at radius 1 is 1.29 bits per heavy atom. The lowest BCUT2D eigenvalue weighted by molar-refractivity contribution is -0.384. The predicted octanol–water partition coefficient (Wildman–Crippen LogP) is 0.729. The van der Waals surface area contributed by atoms with Crippen molar-refractivity contribution in [2.75, 3.05) is 18.6 Å². The van der Waals surface area contributed by atoms with Crippen LogP contribution >= 0.6 is 0 Å². The lowest BCUT2D eigenvalue weighted by Gasteiger charge is -2.03. The van der Waals surface area contributed by atoms with E-state index < -0.39 is 14.8 Å². The van der Waals surface area contributed by atoms with Crippen LogP contribution in [-0.4, -0.2) is 31.9 Å². The quantitative estimate of drug-likeness (QED) is 0.461. The van der Waals surface area contributed by atoms with E-state index in [4.69, 9.17) is 0 Å². The summed E-state index contributed by atoms with van der Waals surface area (Å²) < 4.78 is 21.7. The second-order valence-electron chi connectivity index (χ2n) is 3.73. The van der Waals surface area contributed by atoms with E-state index in [1.807, 2.05) is 0 Å². The molecule has 6 nitrogen and oxygen atoms in total. The first-order valence-electron chi connectivity index (χ1n) is 5.00. The molecule has 1 aromatic carbocycles. The van der Waals surface area contributed by atoms with Gasteiger partial charge in [-0.25, -0.2) is 8.42 Å². The second kappa shape index (κ2) is 5.74. The molecule has 0 bridgehead atoms. The molecule has 0 aromatic heterocycles. The first-order valence-corrected chi connectivity index (χ1v) is 7.06. The largest absolute Gasteiger partial charge is 0.312 e. The summed E-state index contributed by atoms with van der Waals surface area (Å²) in [6.07, 6.45) is 1.18. The Kier molecular flexibility index (Phi) is 4.59. The monoisotopic (exact) mass is 258 g/mol. The minimum Gasteiger partial charge on any atom is -0.312 e. The number of hydrogen-bond donors (Lipinski definition) is 1. The molecule has 0 heterocycles. The van der Waals surface area contributed by atoms with Gasteiger partial charge in [0.2, 0.25) is 0 Å². The van der Waals surface area contributed by atoms with Crippen LogP contribution in [0.25, 0.3) is 0 Å². The molecular weight excluding hydrogens is 244 g/mol. The Bertz CT molecular complexity index is 482. The highest BCUT2D eigenvalue weighted by Crippen LogP contribution is 2.11. The summed E-state index contributed by atoms with van der Waals surface area (Å²) in [5.41, 5.74) is 0.925. The van der Waals surface area contributed by atoms with Gasteiger partial charge in [-0.15, -0.1) is 0 Å². The Hall–Kier alpha value is -1.47. The summed E-state index contributed by atoms with van der Waals surface area (Å²) in [5.74, 6) is 0.0833. The Morgan fingerprint density at radius 2 is 1.88 bits per heavy atom. The van der Waals surface area contributed by atoms with Crippen molar-refractivity contribution >= 4 is 15.5 Å². The molecule has 7 heteroatoms. The van der Waals surface area contributed by atoms with Crippen molar-refractivity contribution in [2.45, 2.75) is 6.54 Å². The van der Waals surface area contributed by atoms with E-state index in [0.717, 1.165) is 5.56 Å². The fraction of sp³-hybridized carbons (Fsp3) is 0.400. The Labute approximate surface area is 99.7 Å². The average molecular weight is 258 g/mol. The van der Waals surface area contributed by atoms with Crippen LogP contribution in [0.15, 0.2) is 24.3 Å². The molecule has 1 rings (SSSR count). The van der Waals surface area contributed by atoms with Gasteiger partial charge in [-0.2, -0.15) is 0 Å². The van der Waals surface area contributed by atoms with Crippen molar-refractivity contribution in [1.29, 1.82) is 0 Å². The van der Waals surface area contributed by atoms with Crippen LogP contribution in [0, 0.1) is 10.1 Å². The fourth-order valence-electron chi connectivity index (χ4n) is 1.23. The van der Waals surface area contributed by atoms with Gasteiger partial charge in [0.1, 0.15) is 9.84 Å². The molecule has 0 aliphatic rings. The minimum atomic E-state index is -2.95. The summed E-state index contributed by atoms with van der Waals surface area (Å²) >= 11 is 0. The van der Waals surface area contributed by atoms with Crippen molar-refractivity contribution < 1.29 is 13.3 Å². The van der Waals surface area contributed by atoms with Gasteiger partial charge in [0.25, 0.3) is 5.69 Å². The molecule has 0 radical (unpaired) electrons. The summed E-state index contributed by atoms with van der Waals surface area (Å²) in [7, 11) is -2.95. The Balaban J connectivity index is 2.40. The minimum absolute atomic E-state index is 0.0462.